The molecule has 2 aromatic carbocycles. The summed E-state index contributed by atoms with van der Waals surface area (Å²) in [7, 11) is 0. The Morgan fingerprint density at radius 2 is 1.72 bits per heavy atom. The first-order valence-corrected chi connectivity index (χ1v) is 9.88. The number of benzene rings is 2. The van der Waals surface area contributed by atoms with E-state index in [0.29, 0.717) is 24.6 Å². The molecule has 2 N–H and O–H groups in total. The number of hydrogen-bond acceptors (Lipinski definition) is 3. The molecule has 1 aliphatic rings. The summed E-state index contributed by atoms with van der Waals surface area (Å²) in [4.78, 5) is 7.03. The number of guanidine groups is 1. The minimum atomic E-state index is -0.207. The van der Waals surface area contributed by atoms with Gasteiger partial charge in [-0.25, -0.2) is 9.38 Å². The van der Waals surface area contributed by atoms with Gasteiger partial charge in [0.1, 0.15) is 5.82 Å². The predicted octanol–water partition coefficient (Wildman–Crippen LogP) is 3.53. The van der Waals surface area contributed by atoms with Crippen molar-refractivity contribution in [2.24, 2.45) is 4.99 Å². The first-order valence-electron chi connectivity index (χ1n) is 9.88. The monoisotopic (exact) mass is 512 g/mol. The van der Waals surface area contributed by atoms with Gasteiger partial charge in [-0.05, 0) is 24.1 Å². The number of aliphatic imine (C=N–C) groups is 1. The van der Waals surface area contributed by atoms with Gasteiger partial charge in [-0.15, -0.1) is 24.0 Å². The van der Waals surface area contributed by atoms with Crippen molar-refractivity contribution in [2.45, 2.75) is 26.6 Å². The van der Waals surface area contributed by atoms with Crippen molar-refractivity contribution in [3.05, 3.63) is 71.0 Å². The maximum Gasteiger partial charge on any atom is 0.191 e. The van der Waals surface area contributed by atoms with Crippen LogP contribution in [-0.2, 0) is 24.4 Å². The van der Waals surface area contributed by atoms with Gasteiger partial charge in [0, 0.05) is 38.3 Å². The summed E-state index contributed by atoms with van der Waals surface area (Å²) >= 11 is 0. The third-order valence-electron chi connectivity index (χ3n) is 4.70. The molecule has 5 nitrogen and oxygen atoms in total. The number of nitrogens with one attached hydrogen (secondary N) is 2. The van der Waals surface area contributed by atoms with Crippen LogP contribution in [0.25, 0.3) is 0 Å². The SMILES string of the molecule is CCNC(=NCc1ccc(CN2CCOCC2)cc1)NCc1ccccc1F.I. The minimum absolute atomic E-state index is 0. The molecule has 1 saturated heterocycles. The van der Waals surface area contributed by atoms with Crippen molar-refractivity contribution >= 4 is 29.9 Å². The second-order valence-electron chi connectivity index (χ2n) is 6.85. The predicted molar refractivity (Wildman–Crippen MR) is 126 cm³/mol. The lowest BCUT2D eigenvalue weighted by atomic mass is 10.1. The highest BCUT2D eigenvalue weighted by molar-refractivity contribution is 14.0. The highest BCUT2D eigenvalue weighted by Crippen LogP contribution is 2.10. The summed E-state index contributed by atoms with van der Waals surface area (Å²) in [6.45, 7) is 8.32. The number of halogens is 2. The van der Waals surface area contributed by atoms with Crippen LogP contribution in [0, 0.1) is 5.82 Å². The summed E-state index contributed by atoms with van der Waals surface area (Å²) in [6.07, 6.45) is 0. The lowest BCUT2D eigenvalue weighted by Gasteiger charge is -2.26. The van der Waals surface area contributed by atoms with Gasteiger partial charge in [-0.1, -0.05) is 42.5 Å². The minimum Gasteiger partial charge on any atom is -0.379 e. The van der Waals surface area contributed by atoms with E-state index in [-0.39, 0.29) is 29.8 Å². The van der Waals surface area contributed by atoms with Gasteiger partial charge >= 0.3 is 0 Å². The van der Waals surface area contributed by atoms with Gasteiger partial charge in [-0.3, -0.25) is 4.90 Å². The molecule has 0 radical (unpaired) electrons. The van der Waals surface area contributed by atoms with Gasteiger partial charge in [0.05, 0.1) is 19.8 Å². The molecular weight excluding hydrogens is 482 g/mol. The van der Waals surface area contributed by atoms with E-state index >= 15 is 0 Å². The number of morpholine rings is 1. The molecule has 0 saturated carbocycles. The van der Waals surface area contributed by atoms with Crippen LogP contribution in [0.1, 0.15) is 23.6 Å². The zero-order valence-electron chi connectivity index (χ0n) is 16.9. The summed E-state index contributed by atoms with van der Waals surface area (Å²) in [5, 5.41) is 6.40. The van der Waals surface area contributed by atoms with Gasteiger partial charge in [0.25, 0.3) is 0 Å². The quantitative estimate of drug-likeness (QED) is 0.339. The molecule has 0 aromatic heterocycles. The van der Waals surface area contributed by atoms with Crippen LogP contribution in [0.3, 0.4) is 0 Å². The van der Waals surface area contributed by atoms with Crippen molar-refractivity contribution < 1.29 is 9.13 Å². The molecular formula is C22H30FIN4O. The Bertz CT molecular complexity index is 764. The Hall–Kier alpha value is -1.71. The highest BCUT2D eigenvalue weighted by atomic mass is 127. The molecule has 0 bridgehead atoms. The van der Waals surface area contributed by atoms with Crippen LogP contribution in [0.15, 0.2) is 53.5 Å². The summed E-state index contributed by atoms with van der Waals surface area (Å²) in [5.74, 6) is 0.477. The van der Waals surface area contributed by atoms with Gasteiger partial charge in [0.2, 0.25) is 0 Å². The average molecular weight is 512 g/mol. The first kappa shape index (κ1) is 23.6. The van der Waals surface area contributed by atoms with Crippen LogP contribution >= 0.6 is 24.0 Å². The van der Waals surface area contributed by atoms with Crippen molar-refractivity contribution in [1.82, 2.24) is 15.5 Å². The van der Waals surface area contributed by atoms with Crippen LogP contribution in [0.4, 0.5) is 4.39 Å². The van der Waals surface area contributed by atoms with E-state index in [0.717, 1.165) is 45.0 Å². The lowest BCUT2D eigenvalue weighted by Crippen LogP contribution is -2.37. The molecule has 1 fully saturated rings. The van der Waals surface area contributed by atoms with E-state index < -0.39 is 0 Å². The molecule has 7 heteroatoms. The first-order chi connectivity index (χ1) is 13.7. The van der Waals surface area contributed by atoms with Crippen LogP contribution in [-0.4, -0.2) is 43.7 Å². The van der Waals surface area contributed by atoms with E-state index in [9.17, 15) is 4.39 Å². The summed E-state index contributed by atoms with van der Waals surface area (Å²) in [6, 6.07) is 15.4. The Morgan fingerprint density at radius 1 is 1.03 bits per heavy atom. The molecule has 0 amide bonds. The van der Waals surface area contributed by atoms with Gasteiger partial charge in [-0.2, -0.15) is 0 Å². The van der Waals surface area contributed by atoms with Crippen molar-refractivity contribution in [1.29, 1.82) is 0 Å². The third-order valence-corrected chi connectivity index (χ3v) is 4.70. The van der Waals surface area contributed by atoms with E-state index in [4.69, 9.17) is 4.74 Å². The average Bonchev–Trinajstić information content (AvgIpc) is 2.73. The van der Waals surface area contributed by atoms with Crippen LogP contribution in [0.5, 0.6) is 0 Å². The fourth-order valence-corrected chi connectivity index (χ4v) is 3.10. The summed E-state index contributed by atoms with van der Waals surface area (Å²) in [5.41, 5.74) is 3.08. The van der Waals surface area contributed by atoms with Crippen LogP contribution < -0.4 is 10.6 Å². The molecule has 0 unspecified atom stereocenters. The second kappa shape index (κ2) is 12.8. The molecule has 0 spiro atoms. The molecule has 1 heterocycles. The van der Waals surface area contributed by atoms with Crippen molar-refractivity contribution in [3.8, 4) is 0 Å². The fourth-order valence-electron chi connectivity index (χ4n) is 3.10. The Balaban J connectivity index is 0.00000300. The Morgan fingerprint density at radius 3 is 2.41 bits per heavy atom. The van der Waals surface area contributed by atoms with E-state index in [1.54, 1.807) is 12.1 Å². The third kappa shape index (κ3) is 7.91. The molecule has 2 aromatic rings. The maximum absolute atomic E-state index is 13.8. The lowest BCUT2D eigenvalue weighted by molar-refractivity contribution is 0.0342. The Labute approximate surface area is 189 Å². The number of rotatable bonds is 7. The highest BCUT2D eigenvalue weighted by Gasteiger charge is 2.10. The van der Waals surface area contributed by atoms with Gasteiger partial charge < -0.3 is 15.4 Å². The molecule has 1 aliphatic heterocycles. The topological polar surface area (TPSA) is 48.9 Å². The standard InChI is InChI=1S/C22H29FN4O.HI/c1-2-24-22(26-16-20-5-3-4-6-21(20)23)25-15-18-7-9-19(10-8-18)17-27-11-13-28-14-12-27;/h3-10H,2,11-17H2,1H3,(H2,24,25,26);1H. The molecule has 158 valence electrons. The molecule has 0 aliphatic carbocycles. The second-order valence-corrected chi connectivity index (χ2v) is 6.85. The fraction of sp³-hybridized carbons (Fsp3) is 0.409. The molecule has 3 rings (SSSR count). The number of hydrogen-bond donors (Lipinski definition) is 2. The van der Waals surface area contributed by atoms with Crippen LogP contribution in [0.2, 0.25) is 0 Å². The van der Waals surface area contributed by atoms with E-state index in [2.05, 4.69) is 44.8 Å². The number of nitrogens with zero attached hydrogens (tertiary/aromatic N) is 2. The molecule has 0 atom stereocenters. The van der Waals surface area contributed by atoms with Crippen molar-refractivity contribution in [3.63, 3.8) is 0 Å². The molecule has 29 heavy (non-hydrogen) atoms. The summed E-state index contributed by atoms with van der Waals surface area (Å²) < 4.78 is 19.2. The van der Waals surface area contributed by atoms with Gasteiger partial charge in [0.15, 0.2) is 5.96 Å². The van der Waals surface area contributed by atoms with E-state index in [1.807, 2.05) is 13.0 Å². The maximum atomic E-state index is 13.8. The Kier molecular flexibility index (Phi) is 10.4. The largest absolute Gasteiger partial charge is 0.379 e. The normalized spacial score (nSPS) is 14.9. The van der Waals surface area contributed by atoms with Crippen molar-refractivity contribution in [2.75, 3.05) is 32.8 Å². The zero-order valence-corrected chi connectivity index (χ0v) is 19.2. The zero-order chi connectivity index (χ0) is 19.6. The van der Waals surface area contributed by atoms with E-state index in [1.165, 1.54) is 11.6 Å². The smallest absolute Gasteiger partial charge is 0.191 e. The number of ether oxygens (including phenoxy) is 1.